The Labute approximate surface area is 161 Å². The van der Waals surface area contributed by atoms with Crippen LogP contribution in [0.15, 0.2) is 24.3 Å². The molecule has 0 radical (unpaired) electrons. The van der Waals surface area contributed by atoms with E-state index in [4.69, 9.17) is 0 Å². The molecule has 1 aliphatic rings. The standard InChI is InChI=1S/C20H21NO5S/c1-20(2)8-7-13-14(10-20)27-17(15(13)18(23)24)21-16(22)11-5-4-6-12(9-11)19(25)26-3/h4-6,9H,7-8,10H2,1-3H3,(H,21,22)(H,23,24). The maximum atomic E-state index is 12.6. The zero-order valence-electron chi connectivity index (χ0n) is 15.4. The second-order valence-corrected chi connectivity index (χ2v) is 8.49. The van der Waals surface area contributed by atoms with Gasteiger partial charge in [-0.25, -0.2) is 9.59 Å². The van der Waals surface area contributed by atoms with E-state index < -0.39 is 17.8 Å². The number of nitrogens with one attached hydrogen (secondary N) is 1. The van der Waals surface area contributed by atoms with E-state index in [1.807, 2.05) is 0 Å². The van der Waals surface area contributed by atoms with Crippen LogP contribution in [0.2, 0.25) is 0 Å². The second-order valence-electron chi connectivity index (χ2n) is 7.38. The summed E-state index contributed by atoms with van der Waals surface area (Å²) < 4.78 is 4.67. The Morgan fingerprint density at radius 3 is 2.59 bits per heavy atom. The number of benzene rings is 1. The van der Waals surface area contributed by atoms with Gasteiger partial charge in [0, 0.05) is 10.4 Å². The number of esters is 1. The topological polar surface area (TPSA) is 92.7 Å². The Hall–Kier alpha value is -2.67. The smallest absolute Gasteiger partial charge is 0.339 e. The molecule has 6 nitrogen and oxygen atoms in total. The van der Waals surface area contributed by atoms with Crippen molar-refractivity contribution in [2.24, 2.45) is 5.41 Å². The van der Waals surface area contributed by atoms with Gasteiger partial charge in [-0.05, 0) is 48.4 Å². The van der Waals surface area contributed by atoms with E-state index in [9.17, 15) is 19.5 Å². The lowest BCUT2D eigenvalue weighted by Gasteiger charge is -2.29. The van der Waals surface area contributed by atoms with Crippen molar-refractivity contribution < 1.29 is 24.2 Å². The van der Waals surface area contributed by atoms with Crippen molar-refractivity contribution in [2.75, 3.05) is 12.4 Å². The third kappa shape index (κ3) is 3.88. The van der Waals surface area contributed by atoms with E-state index in [-0.39, 0.29) is 22.1 Å². The van der Waals surface area contributed by atoms with Gasteiger partial charge in [-0.15, -0.1) is 11.3 Å². The molecule has 1 aliphatic carbocycles. The molecule has 2 aromatic rings. The zero-order valence-corrected chi connectivity index (χ0v) is 16.2. The summed E-state index contributed by atoms with van der Waals surface area (Å²) in [5.41, 5.74) is 1.65. The summed E-state index contributed by atoms with van der Waals surface area (Å²) in [5.74, 6) is -2.03. The average Bonchev–Trinajstić information content (AvgIpc) is 2.96. The molecule has 0 spiro atoms. The fourth-order valence-electron chi connectivity index (χ4n) is 3.30. The molecule has 1 aromatic heterocycles. The number of fused-ring (bicyclic) bond motifs is 1. The molecule has 1 heterocycles. The van der Waals surface area contributed by atoms with Gasteiger partial charge in [0.1, 0.15) is 5.00 Å². The molecule has 0 aliphatic heterocycles. The molecule has 0 unspecified atom stereocenters. The number of hydrogen-bond donors (Lipinski definition) is 2. The van der Waals surface area contributed by atoms with Crippen LogP contribution in [0.3, 0.4) is 0 Å². The number of anilines is 1. The van der Waals surface area contributed by atoms with Crippen LogP contribution in [0, 0.1) is 5.41 Å². The Bertz CT molecular complexity index is 928. The van der Waals surface area contributed by atoms with Crippen molar-refractivity contribution in [1.29, 1.82) is 0 Å². The van der Waals surface area contributed by atoms with E-state index in [1.165, 1.54) is 24.5 Å². The molecule has 0 atom stereocenters. The molecule has 0 fully saturated rings. The third-order valence-electron chi connectivity index (χ3n) is 4.77. The highest BCUT2D eigenvalue weighted by atomic mass is 32.1. The summed E-state index contributed by atoms with van der Waals surface area (Å²) in [6.45, 7) is 4.32. The van der Waals surface area contributed by atoms with E-state index in [0.717, 1.165) is 23.3 Å². The molecular weight excluding hydrogens is 366 g/mol. The number of carbonyl (C=O) groups excluding carboxylic acids is 2. The van der Waals surface area contributed by atoms with Crippen molar-refractivity contribution in [3.05, 3.63) is 51.4 Å². The van der Waals surface area contributed by atoms with Gasteiger partial charge in [-0.2, -0.15) is 0 Å². The first-order chi connectivity index (χ1) is 12.7. The average molecular weight is 387 g/mol. The fraction of sp³-hybridized carbons (Fsp3) is 0.350. The highest BCUT2D eigenvalue weighted by molar-refractivity contribution is 7.17. The van der Waals surface area contributed by atoms with E-state index in [2.05, 4.69) is 23.9 Å². The predicted octanol–water partition coefficient (Wildman–Crippen LogP) is 4.00. The first-order valence-electron chi connectivity index (χ1n) is 8.59. The SMILES string of the molecule is COC(=O)c1cccc(C(=O)Nc2sc3c(c2C(=O)O)CCC(C)(C)C3)c1. The number of aromatic carboxylic acids is 1. The van der Waals surface area contributed by atoms with Crippen LogP contribution in [0.4, 0.5) is 5.00 Å². The number of rotatable bonds is 4. The van der Waals surface area contributed by atoms with Gasteiger partial charge in [-0.1, -0.05) is 19.9 Å². The summed E-state index contributed by atoms with van der Waals surface area (Å²) in [4.78, 5) is 37.1. The molecule has 7 heteroatoms. The Morgan fingerprint density at radius 2 is 1.93 bits per heavy atom. The van der Waals surface area contributed by atoms with Crippen LogP contribution in [0.5, 0.6) is 0 Å². The highest BCUT2D eigenvalue weighted by Crippen LogP contribution is 2.43. The van der Waals surface area contributed by atoms with Gasteiger partial charge < -0.3 is 15.2 Å². The van der Waals surface area contributed by atoms with Crippen molar-refractivity contribution in [3.8, 4) is 0 Å². The summed E-state index contributed by atoms with van der Waals surface area (Å²) >= 11 is 1.33. The largest absolute Gasteiger partial charge is 0.478 e. The van der Waals surface area contributed by atoms with Crippen LogP contribution in [-0.4, -0.2) is 30.1 Å². The molecule has 1 aromatic carbocycles. The molecule has 3 rings (SSSR count). The van der Waals surface area contributed by atoms with Crippen molar-refractivity contribution in [2.45, 2.75) is 33.1 Å². The number of amides is 1. The number of hydrogen-bond acceptors (Lipinski definition) is 5. The second kappa shape index (κ2) is 7.15. The van der Waals surface area contributed by atoms with Gasteiger partial charge in [0.2, 0.25) is 0 Å². The number of thiophene rings is 1. The van der Waals surface area contributed by atoms with E-state index >= 15 is 0 Å². The molecule has 27 heavy (non-hydrogen) atoms. The lowest BCUT2D eigenvalue weighted by molar-refractivity contribution is 0.0599. The monoisotopic (exact) mass is 387 g/mol. The quantitative estimate of drug-likeness (QED) is 0.774. The highest BCUT2D eigenvalue weighted by Gasteiger charge is 2.32. The summed E-state index contributed by atoms with van der Waals surface area (Å²) in [6, 6.07) is 6.13. The predicted molar refractivity (Wildman–Crippen MR) is 103 cm³/mol. The van der Waals surface area contributed by atoms with E-state index in [0.29, 0.717) is 11.4 Å². The summed E-state index contributed by atoms with van der Waals surface area (Å²) in [5, 5.41) is 12.7. The van der Waals surface area contributed by atoms with Gasteiger partial charge in [-0.3, -0.25) is 4.79 Å². The third-order valence-corrected chi connectivity index (χ3v) is 5.92. The molecule has 1 amide bonds. The maximum Gasteiger partial charge on any atom is 0.339 e. The minimum Gasteiger partial charge on any atom is -0.478 e. The Balaban J connectivity index is 1.92. The fourth-order valence-corrected chi connectivity index (χ4v) is 4.79. The molecule has 0 saturated heterocycles. The van der Waals surface area contributed by atoms with Gasteiger partial charge in [0.15, 0.2) is 0 Å². The zero-order chi connectivity index (χ0) is 19.8. The summed E-state index contributed by atoms with van der Waals surface area (Å²) in [6.07, 6.45) is 2.39. The molecule has 2 N–H and O–H groups in total. The number of methoxy groups -OCH3 is 1. The molecule has 0 bridgehead atoms. The van der Waals surface area contributed by atoms with Crippen LogP contribution in [0.25, 0.3) is 0 Å². The first kappa shape index (κ1) is 19.1. The van der Waals surface area contributed by atoms with Crippen LogP contribution < -0.4 is 5.32 Å². The van der Waals surface area contributed by atoms with Crippen LogP contribution in [-0.2, 0) is 17.6 Å². The lowest BCUT2D eigenvalue weighted by atomic mass is 9.77. The van der Waals surface area contributed by atoms with Crippen molar-refractivity contribution in [1.82, 2.24) is 0 Å². The maximum absolute atomic E-state index is 12.6. The normalized spacial score (nSPS) is 14.9. The van der Waals surface area contributed by atoms with Crippen LogP contribution >= 0.6 is 11.3 Å². The number of carboxylic acid groups (broad SMARTS) is 1. The summed E-state index contributed by atoms with van der Waals surface area (Å²) in [7, 11) is 1.27. The van der Waals surface area contributed by atoms with Gasteiger partial charge >= 0.3 is 11.9 Å². The number of carboxylic acids is 1. The number of ether oxygens (including phenoxy) is 1. The van der Waals surface area contributed by atoms with Gasteiger partial charge in [0.25, 0.3) is 5.91 Å². The number of carbonyl (C=O) groups is 3. The lowest BCUT2D eigenvalue weighted by Crippen LogP contribution is -2.22. The van der Waals surface area contributed by atoms with Crippen molar-refractivity contribution >= 4 is 34.2 Å². The molecule has 0 saturated carbocycles. The Morgan fingerprint density at radius 1 is 1.22 bits per heavy atom. The van der Waals surface area contributed by atoms with E-state index in [1.54, 1.807) is 18.2 Å². The Kier molecular flexibility index (Phi) is 5.06. The van der Waals surface area contributed by atoms with Gasteiger partial charge in [0.05, 0.1) is 18.2 Å². The molecule has 142 valence electrons. The van der Waals surface area contributed by atoms with Crippen molar-refractivity contribution in [3.63, 3.8) is 0 Å². The minimum absolute atomic E-state index is 0.115. The first-order valence-corrected chi connectivity index (χ1v) is 9.41. The molecular formula is C20H21NO5S. The van der Waals surface area contributed by atoms with Crippen LogP contribution in [0.1, 0.15) is 61.8 Å². The minimum atomic E-state index is -1.04.